The Morgan fingerprint density at radius 2 is 1.24 bits per heavy atom. The molecule has 84 valence electrons. The molecule has 0 aliphatic rings. The zero-order valence-electron chi connectivity index (χ0n) is 9.18. The van der Waals surface area contributed by atoms with Crippen LogP contribution in [0.15, 0.2) is 48.5 Å². The van der Waals surface area contributed by atoms with Crippen LogP contribution in [0.25, 0.3) is 0 Å². The number of nitrogens with two attached hydrogens (primary N) is 2. The van der Waals surface area contributed by atoms with Crippen molar-refractivity contribution in [3.05, 3.63) is 48.5 Å². The summed E-state index contributed by atoms with van der Waals surface area (Å²) in [7, 11) is 1.71. The summed E-state index contributed by atoms with van der Waals surface area (Å²) >= 11 is 0. The van der Waals surface area contributed by atoms with Crippen LogP contribution in [0, 0.1) is 0 Å². The first kappa shape index (κ1) is 11.9. The molecule has 0 spiro atoms. The number of benzene rings is 2. The maximum absolute atomic E-state index is 5.97. The number of para-hydroxylation sites is 2. The average molecular weight is 256 g/mol. The van der Waals surface area contributed by atoms with Gasteiger partial charge in [0.25, 0.3) is 9.04 Å². The Hall–Kier alpha value is -1.57. The van der Waals surface area contributed by atoms with Crippen molar-refractivity contribution in [2.24, 2.45) is 0 Å². The van der Waals surface area contributed by atoms with Gasteiger partial charge >= 0.3 is 0 Å². The SMILES string of the molecule is Nc1ccccc1[Si](O[Si])c1ccccc1N. The summed E-state index contributed by atoms with van der Waals surface area (Å²) in [6.45, 7) is 0. The molecule has 0 aliphatic heterocycles. The van der Waals surface area contributed by atoms with Crippen LogP contribution >= 0.6 is 0 Å². The van der Waals surface area contributed by atoms with E-state index < -0.39 is 9.04 Å². The van der Waals surface area contributed by atoms with Crippen molar-refractivity contribution in [2.45, 2.75) is 0 Å². The van der Waals surface area contributed by atoms with Gasteiger partial charge in [-0.1, -0.05) is 36.4 Å². The Bertz CT molecular complexity index is 474. The van der Waals surface area contributed by atoms with Crippen molar-refractivity contribution >= 4 is 41.3 Å². The first-order valence-corrected chi connectivity index (χ1v) is 6.96. The second kappa shape index (κ2) is 5.18. The molecule has 0 fully saturated rings. The first-order chi connectivity index (χ1) is 8.24. The number of hydrogen-bond donors (Lipinski definition) is 2. The highest BCUT2D eigenvalue weighted by Gasteiger charge is 2.21. The highest BCUT2D eigenvalue weighted by Crippen LogP contribution is 2.04. The van der Waals surface area contributed by atoms with E-state index in [0.717, 1.165) is 21.7 Å². The van der Waals surface area contributed by atoms with Crippen molar-refractivity contribution in [3.8, 4) is 0 Å². The van der Waals surface area contributed by atoms with Gasteiger partial charge < -0.3 is 15.6 Å². The molecule has 0 saturated heterocycles. The minimum Gasteiger partial charge on any atom is -0.450 e. The molecular weight excluding hydrogens is 244 g/mol. The van der Waals surface area contributed by atoms with Crippen molar-refractivity contribution in [1.82, 2.24) is 0 Å². The van der Waals surface area contributed by atoms with E-state index in [4.69, 9.17) is 15.6 Å². The van der Waals surface area contributed by atoms with Crippen LogP contribution in [-0.2, 0) is 4.12 Å². The van der Waals surface area contributed by atoms with Crippen LogP contribution < -0.4 is 21.8 Å². The first-order valence-electron chi connectivity index (χ1n) is 5.14. The smallest absolute Gasteiger partial charge is 0.276 e. The maximum atomic E-state index is 5.97. The minimum absolute atomic E-state index is 0.725. The Kier molecular flexibility index (Phi) is 3.62. The number of anilines is 2. The molecule has 0 bridgehead atoms. The number of hydrogen-bond acceptors (Lipinski definition) is 3. The molecule has 0 unspecified atom stereocenters. The fourth-order valence-corrected chi connectivity index (χ4v) is 4.02. The molecule has 0 aromatic heterocycles. The van der Waals surface area contributed by atoms with E-state index in [1.807, 2.05) is 48.5 Å². The molecule has 4 N–H and O–H groups in total. The van der Waals surface area contributed by atoms with Gasteiger partial charge in [-0.25, -0.2) is 0 Å². The van der Waals surface area contributed by atoms with Gasteiger partial charge in [0.05, 0.1) is 0 Å². The lowest BCUT2D eigenvalue weighted by Gasteiger charge is -2.16. The van der Waals surface area contributed by atoms with E-state index in [1.54, 1.807) is 0 Å². The van der Waals surface area contributed by atoms with Crippen LogP contribution in [0.1, 0.15) is 0 Å². The fraction of sp³-hybridized carbons (Fsp3) is 0. The maximum Gasteiger partial charge on any atom is 0.276 e. The Labute approximate surface area is 106 Å². The third-order valence-electron chi connectivity index (χ3n) is 2.51. The average Bonchev–Trinajstić information content (AvgIpc) is 2.34. The topological polar surface area (TPSA) is 61.3 Å². The molecule has 0 saturated carbocycles. The molecule has 2 aromatic carbocycles. The van der Waals surface area contributed by atoms with Gasteiger partial charge in [0.1, 0.15) is 0 Å². The summed E-state index contributed by atoms with van der Waals surface area (Å²) in [5, 5.41) is 1.98. The van der Waals surface area contributed by atoms with Gasteiger partial charge in [-0.2, -0.15) is 0 Å². The predicted molar refractivity (Wildman–Crippen MR) is 73.6 cm³/mol. The van der Waals surface area contributed by atoms with Crippen LogP contribution in [-0.4, -0.2) is 19.5 Å². The molecule has 0 aliphatic carbocycles. The summed E-state index contributed by atoms with van der Waals surface area (Å²) in [6.07, 6.45) is 0. The van der Waals surface area contributed by atoms with E-state index in [1.165, 1.54) is 0 Å². The van der Waals surface area contributed by atoms with E-state index in [9.17, 15) is 0 Å². The Morgan fingerprint density at radius 1 is 0.824 bits per heavy atom. The second-order valence-corrected chi connectivity index (χ2v) is 6.16. The highest BCUT2D eigenvalue weighted by molar-refractivity contribution is 6.84. The van der Waals surface area contributed by atoms with Crippen molar-refractivity contribution < 1.29 is 4.12 Å². The van der Waals surface area contributed by atoms with Crippen LogP contribution in [0.2, 0.25) is 0 Å². The zero-order chi connectivity index (χ0) is 12.3. The molecular formula is C12H12N2OSi2. The van der Waals surface area contributed by atoms with Gasteiger partial charge in [0, 0.05) is 11.4 Å². The van der Waals surface area contributed by atoms with Crippen molar-refractivity contribution in [2.75, 3.05) is 11.5 Å². The lowest BCUT2D eigenvalue weighted by atomic mass is 10.3. The Balaban J connectivity index is 2.48. The lowest BCUT2D eigenvalue weighted by Crippen LogP contribution is -2.46. The highest BCUT2D eigenvalue weighted by atomic mass is 28.3. The summed E-state index contributed by atoms with van der Waals surface area (Å²) in [5.41, 5.74) is 13.4. The van der Waals surface area contributed by atoms with Gasteiger partial charge in [0.15, 0.2) is 0 Å². The van der Waals surface area contributed by atoms with Crippen LogP contribution in [0.4, 0.5) is 11.4 Å². The Morgan fingerprint density at radius 3 is 1.59 bits per heavy atom. The lowest BCUT2D eigenvalue weighted by molar-refractivity contribution is 0.661. The molecule has 5 heteroatoms. The van der Waals surface area contributed by atoms with Gasteiger partial charge in [-0.15, -0.1) is 0 Å². The molecule has 2 rings (SSSR count). The van der Waals surface area contributed by atoms with E-state index in [0.29, 0.717) is 0 Å². The molecule has 3 nitrogen and oxygen atoms in total. The van der Waals surface area contributed by atoms with E-state index >= 15 is 0 Å². The number of rotatable bonds is 3. The van der Waals surface area contributed by atoms with Crippen LogP contribution in [0.3, 0.4) is 0 Å². The fourth-order valence-electron chi connectivity index (χ4n) is 1.66. The molecule has 0 atom stereocenters. The van der Waals surface area contributed by atoms with E-state index in [2.05, 4.69) is 10.5 Å². The summed E-state index contributed by atoms with van der Waals surface area (Å²) in [6, 6.07) is 15.4. The zero-order valence-corrected chi connectivity index (χ0v) is 11.2. The quantitative estimate of drug-likeness (QED) is 0.603. The normalized spacial score (nSPS) is 10.7. The molecule has 2 aromatic rings. The molecule has 17 heavy (non-hydrogen) atoms. The predicted octanol–water partition coefficient (Wildman–Crippen LogP) is 0.0568. The van der Waals surface area contributed by atoms with Gasteiger partial charge in [0.2, 0.25) is 10.5 Å². The largest absolute Gasteiger partial charge is 0.450 e. The summed E-state index contributed by atoms with van der Waals surface area (Å²) in [4.78, 5) is 0. The van der Waals surface area contributed by atoms with Crippen molar-refractivity contribution in [3.63, 3.8) is 0 Å². The summed E-state index contributed by atoms with van der Waals surface area (Å²) in [5.74, 6) is 0. The van der Waals surface area contributed by atoms with Crippen molar-refractivity contribution in [1.29, 1.82) is 0 Å². The van der Waals surface area contributed by atoms with E-state index in [-0.39, 0.29) is 0 Å². The molecule has 0 amide bonds. The number of nitrogen functional groups attached to an aromatic ring is 2. The van der Waals surface area contributed by atoms with Crippen LogP contribution in [0.5, 0.6) is 0 Å². The van der Waals surface area contributed by atoms with Gasteiger partial charge in [-0.05, 0) is 22.5 Å². The third kappa shape index (κ3) is 2.41. The summed E-state index contributed by atoms with van der Waals surface area (Å²) < 4.78 is 5.43. The molecule has 0 heterocycles. The third-order valence-corrected chi connectivity index (χ3v) is 5.22. The molecule has 4 radical (unpaired) electrons. The standard InChI is InChI=1S/C12H12N2OSi2/c13-9-5-1-3-7-11(9)17(15-16)12-8-4-2-6-10(12)14/h1-8H,13-14H2. The second-order valence-electron chi connectivity index (χ2n) is 3.61. The monoisotopic (exact) mass is 256 g/mol. The van der Waals surface area contributed by atoms with Gasteiger partial charge in [-0.3, -0.25) is 0 Å². The minimum atomic E-state index is -1.44.